The second-order valence-electron chi connectivity index (χ2n) is 9.11. The van der Waals surface area contributed by atoms with E-state index in [1.807, 2.05) is 30.3 Å². The van der Waals surface area contributed by atoms with Gasteiger partial charge in [-0.15, -0.1) is 0 Å². The highest BCUT2D eigenvalue weighted by molar-refractivity contribution is 6.06. The molecule has 8 heteroatoms. The molecule has 3 fully saturated rings. The fourth-order valence-electron chi connectivity index (χ4n) is 5.54. The van der Waals surface area contributed by atoms with E-state index >= 15 is 0 Å². The van der Waals surface area contributed by atoms with Crippen molar-refractivity contribution >= 4 is 29.4 Å². The smallest absolute Gasteiger partial charge is 0.308 e. The molecule has 2 bridgehead atoms. The fraction of sp³-hybridized carbons (Fsp3) is 0.385. The van der Waals surface area contributed by atoms with E-state index in [0.29, 0.717) is 29.0 Å². The molecule has 3 aliphatic rings. The first kappa shape index (κ1) is 22.1. The third-order valence-corrected chi connectivity index (χ3v) is 7.04. The van der Waals surface area contributed by atoms with E-state index in [9.17, 15) is 19.2 Å². The predicted octanol–water partition coefficient (Wildman–Crippen LogP) is 3.38. The Hall–Kier alpha value is -3.68. The standard InChI is InChI=1S/C26H26N2O6/c29-21(27-18-8-10-20(11-9-18)34-19-4-2-1-3-5-19)15-33-22(30)12-13-28-25(31)23-16-6-7-17(14-16)24(23)26(28)32/h1-5,8-11,16-17,23-24H,6-7,12-15H2,(H,27,29)/t16-,17-,23+,24+/m0/s1. The van der Waals surface area contributed by atoms with Crippen LogP contribution in [0.5, 0.6) is 11.5 Å². The molecule has 8 nitrogen and oxygen atoms in total. The second-order valence-corrected chi connectivity index (χ2v) is 9.11. The summed E-state index contributed by atoms with van der Waals surface area (Å²) >= 11 is 0. The summed E-state index contributed by atoms with van der Waals surface area (Å²) < 4.78 is 10.7. The SMILES string of the molecule is O=C(COC(=O)CCN1C(=O)[C@@H]2[C@H]3CC[C@@H](C3)[C@H]2C1=O)Nc1ccc(Oc2ccccc2)cc1. The van der Waals surface area contributed by atoms with Crippen LogP contribution >= 0.6 is 0 Å². The highest BCUT2D eigenvalue weighted by Gasteiger charge is 2.60. The normalized spacial score (nSPS) is 24.8. The van der Waals surface area contributed by atoms with E-state index < -0.39 is 18.5 Å². The van der Waals surface area contributed by atoms with E-state index in [1.54, 1.807) is 24.3 Å². The van der Waals surface area contributed by atoms with Gasteiger partial charge in [-0.05, 0) is 67.5 Å². The first-order chi connectivity index (χ1) is 16.5. The van der Waals surface area contributed by atoms with Crippen LogP contribution in [-0.4, -0.2) is 41.7 Å². The molecule has 1 heterocycles. The van der Waals surface area contributed by atoms with Gasteiger partial charge in [0.1, 0.15) is 11.5 Å². The maximum atomic E-state index is 12.7. The van der Waals surface area contributed by atoms with Gasteiger partial charge >= 0.3 is 5.97 Å². The number of carbonyl (C=O) groups excluding carboxylic acids is 4. The molecule has 2 aliphatic carbocycles. The van der Waals surface area contributed by atoms with Gasteiger partial charge in [-0.25, -0.2) is 0 Å². The third kappa shape index (κ3) is 4.40. The number of likely N-dealkylation sites (tertiary alicyclic amines) is 1. The van der Waals surface area contributed by atoms with Gasteiger partial charge in [0.15, 0.2) is 6.61 Å². The number of hydrogen-bond acceptors (Lipinski definition) is 6. The third-order valence-electron chi connectivity index (χ3n) is 7.04. The number of rotatable bonds is 8. The molecule has 1 aliphatic heterocycles. The monoisotopic (exact) mass is 462 g/mol. The number of benzene rings is 2. The number of imide groups is 1. The van der Waals surface area contributed by atoms with Crippen molar-refractivity contribution in [3.63, 3.8) is 0 Å². The molecular weight excluding hydrogens is 436 g/mol. The number of ether oxygens (including phenoxy) is 2. The number of anilines is 1. The van der Waals surface area contributed by atoms with Crippen LogP contribution in [-0.2, 0) is 23.9 Å². The van der Waals surface area contributed by atoms with Crippen LogP contribution in [0.15, 0.2) is 54.6 Å². The van der Waals surface area contributed by atoms with Crippen molar-refractivity contribution in [2.24, 2.45) is 23.7 Å². The zero-order valence-electron chi connectivity index (χ0n) is 18.6. The maximum Gasteiger partial charge on any atom is 0.308 e. The molecule has 3 amide bonds. The van der Waals surface area contributed by atoms with Crippen LogP contribution in [0.4, 0.5) is 5.69 Å². The Kier molecular flexibility index (Phi) is 6.04. The van der Waals surface area contributed by atoms with Gasteiger partial charge in [0, 0.05) is 12.2 Å². The Balaban J connectivity index is 1.05. The largest absolute Gasteiger partial charge is 0.457 e. The molecule has 1 N–H and O–H groups in total. The van der Waals surface area contributed by atoms with Crippen LogP contribution in [0, 0.1) is 23.7 Å². The van der Waals surface area contributed by atoms with E-state index in [2.05, 4.69) is 5.32 Å². The number of esters is 1. The number of fused-ring (bicyclic) bond motifs is 5. The first-order valence-corrected chi connectivity index (χ1v) is 11.6. The molecule has 0 radical (unpaired) electrons. The average molecular weight is 463 g/mol. The van der Waals surface area contributed by atoms with E-state index in [1.165, 1.54) is 4.90 Å². The Bertz CT molecular complexity index is 1070. The molecule has 2 aromatic rings. The fourth-order valence-corrected chi connectivity index (χ4v) is 5.54. The molecule has 0 aromatic heterocycles. The summed E-state index contributed by atoms with van der Waals surface area (Å²) in [6, 6.07) is 16.2. The minimum Gasteiger partial charge on any atom is -0.457 e. The number of nitrogens with one attached hydrogen (secondary N) is 1. The minimum absolute atomic E-state index is 0.00738. The highest BCUT2D eigenvalue weighted by atomic mass is 16.5. The highest BCUT2D eigenvalue weighted by Crippen LogP contribution is 2.56. The summed E-state index contributed by atoms with van der Waals surface area (Å²) in [7, 11) is 0. The lowest BCUT2D eigenvalue weighted by molar-refractivity contribution is -0.149. The van der Waals surface area contributed by atoms with Gasteiger partial charge in [0.05, 0.1) is 18.3 Å². The Morgan fingerprint density at radius 3 is 2.15 bits per heavy atom. The van der Waals surface area contributed by atoms with Gasteiger partial charge in [-0.1, -0.05) is 18.2 Å². The summed E-state index contributed by atoms with van der Waals surface area (Å²) in [6.45, 7) is -0.439. The summed E-state index contributed by atoms with van der Waals surface area (Å²) in [6.07, 6.45) is 2.88. The summed E-state index contributed by atoms with van der Waals surface area (Å²) in [5.41, 5.74) is 0.538. The van der Waals surface area contributed by atoms with Crippen molar-refractivity contribution in [3.8, 4) is 11.5 Å². The molecule has 1 saturated heterocycles. The van der Waals surface area contributed by atoms with Crippen molar-refractivity contribution in [1.29, 1.82) is 0 Å². The summed E-state index contributed by atoms with van der Waals surface area (Å²) in [5.74, 6) is 0.164. The molecule has 5 rings (SSSR count). The van der Waals surface area contributed by atoms with Crippen molar-refractivity contribution in [2.75, 3.05) is 18.5 Å². The van der Waals surface area contributed by atoms with Crippen LogP contribution in [0.3, 0.4) is 0 Å². The zero-order chi connectivity index (χ0) is 23.7. The molecule has 2 saturated carbocycles. The van der Waals surface area contributed by atoms with Gasteiger partial charge in [0.2, 0.25) is 11.8 Å². The lowest BCUT2D eigenvalue weighted by Crippen LogP contribution is -2.35. The predicted molar refractivity (Wildman–Crippen MR) is 122 cm³/mol. The molecule has 34 heavy (non-hydrogen) atoms. The van der Waals surface area contributed by atoms with Crippen LogP contribution < -0.4 is 10.1 Å². The first-order valence-electron chi connectivity index (χ1n) is 11.6. The van der Waals surface area contributed by atoms with Crippen molar-refractivity contribution < 1.29 is 28.7 Å². The van der Waals surface area contributed by atoms with Gasteiger partial charge in [-0.2, -0.15) is 0 Å². The number of carbonyl (C=O) groups is 4. The number of amides is 3. The lowest BCUT2D eigenvalue weighted by atomic mass is 9.81. The van der Waals surface area contributed by atoms with E-state index in [0.717, 1.165) is 19.3 Å². The molecule has 2 aromatic carbocycles. The maximum absolute atomic E-state index is 12.7. The topological polar surface area (TPSA) is 102 Å². The lowest BCUT2D eigenvalue weighted by Gasteiger charge is -2.19. The number of para-hydroxylation sites is 1. The molecule has 0 unspecified atom stereocenters. The second kappa shape index (κ2) is 9.29. The Morgan fingerprint density at radius 2 is 1.50 bits per heavy atom. The Labute approximate surface area is 197 Å². The minimum atomic E-state index is -0.623. The van der Waals surface area contributed by atoms with Gasteiger partial charge in [-0.3, -0.25) is 24.1 Å². The van der Waals surface area contributed by atoms with Crippen molar-refractivity contribution in [2.45, 2.75) is 25.7 Å². The Morgan fingerprint density at radius 1 is 0.882 bits per heavy atom. The summed E-state index contributed by atoms with van der Waals surface area (Å²) in [5, 5.41) is 2.65. The number of hydrogen-bond donors (Lipinski definition) is 1. The number of nitrogens with zero attached hydrogens (tertiary/aromatic N) is 1. The van der Waals surface area contributed by atoms with Crippen molar-refractivity contribution in [3.05, 3.63) is 54.6 Å². The average Bonchev–Trinajstić information content (AvgIpc) is 3.52. The van der Waals surface area contributed by atoms with E-state index in [-0.39, 0.29) is 36.6 Å². The van der Waals surface area contributed by atoms with E-state index in [4.69, 9.17) is 9.47 Å². The van der Waals surface area contributed by atoms with Crippen LogP contribution in [0.2, 0.25) is 0 Å². The molecule has 176 valence electrons. The van der Waals surface area contributed by atoms with Crippen LogP contribution in [0.25, 0.3) is 0 Å². The zero-order valence-corrected chi connectivity index (χ0v) is 18.6. The molecule has 4 atom stereocenters. The van der Waals surface area contributed by atoms with Gasteiger partial charge < -0.3 is 14.8 Å². The quantitative estimate of drug-likeness (QED) is 0.477. The summed E-state index contributed by atoms with van der Waals surface area (Å²) in [4.78, 5) is 50.8. The van der Waals surface area contributed by atoms with Gasteiger partial charge in [0.25, 0.3) is 5.91 Å². The van der Waals surface area contributed by atoms with Crippen LogP contribution in [0.1, 0.15) is 25.7 Å². The molecule has 0 spiro atoms. The molecular formula is C26H26N2O6. The van der Waals surface area contributed by atoms with Crippen molar-refractivity contribution in [1.82, 2.24) is 4.90 Å².